The van der Waals surface area contributed by atoms with E-state index in [0.29, 0.717) is 12.3 Å². The Morgan fingerprint density at radius 2 is 1.43 bits per heavy atom. The fourth-order valence-electron chi connectivity index (χ4n) is 5.66. The summed E-state index contributed by atoms with van der Waals surface area (Å²) in [5.74, 6) is 3.21. The van der Waals surface area contributed by atoms with Gasteiger partial charge in [-0.1, -0.05) is 32.6 Å². The third-order valence-corrected chi connectivity index (χ3v) is 6.90. The third-order valence-electron chi connectivity index (χ3n) is 6.90. The van der Waals surface area contributed by atoms with E-state index in [0.717, 1.165) is 37.0 Å². The molecule has 5 atom stereocenters. The molecule has 2 heteroatoms. The zero-order valence-corrected chi connectivity index (χ0v) is 13.6. The van der Waals surface area contributed by atoms with Crippen LogP contribution in [0.5, 0.6) is 0 Å². The van der Waals surface area contributed by atoms with E-state index < -0.39 is 12.3 Å². The predicted molar refractivity (Wildman–Crippen MR) is 83.7 cm³/mol. The van der Waals surface area contributed by atoms with Gasteiger partial charge in [0.2, 0.25) is 0 Å². The van der Waals surface area contributed by atoms with Crippen LogP contribution in [0.1, 0.15) is 77.6 Å². The van der Waals surface area contributed by atoms with Crippen LogP contribution in [0.4, 0.5) is 8.78 Å². The van der Waals surface area contributed by atoms with E-state index in [1.807, 2.05) is 0 Å². The first-order valence-electron chi connectivity index (χ1n) is 9.47. The number of hydrogen-bond donors (Lipinski definition) is 0. The smallest absolute Gasteiger partial charge is 0.134 e. The quantitative estimate of drug-likeness (QED) is 0.591. The van der Waals surface area contributed by atoms with Crippen LogP contribution >= 0.6 is 0 Å². The molecule has 0 aliphatic heterocycles. The van der Waals surface area contributed by atoms with Gasteiger partial charge in [-0.25, -0.2) is 8.78 Å². The highest BCUT2D eigenvalue weighted by Crippen LogP contribution is 2.49. The van der Waals surface area contributed by atoms with Gasteiger partial charge in [0, 0.05) is 0 Å². The molecule has 122 valence electrons. The van der Waals surface area contributed by atoms with Gasteiger partial charge in [0.1, 0.15) is 12.3 Å². The molecule has 3 saturated carbocycles. The molecule has 0 spiro atoms. The molecule has 3 aliphatic carbocycles. The number of halogens is 2. The Bertz CT molecular complexity index is 322. The van der Waals surface area contributed by atoms with Gasteiger partial charge in [-0.15, -0.1) is 0 Å². The molecule has 0 aromatic carbocycles. The maximum Gasteiger partial charge on any atom is 0.134 e. The van der Waals surface area contributed by atoms with Crippen molar-refractivity contribution in [2.45, 2.75) is 89.9 Å². The summed E-state index contributed by atoms with van der Waals surface area (Å²) in [6.07, 6.45) is 10.7. The normalized spacial score (nSPS) is 47.9. The summed E-state index contributed by atoms with van der Waals surface area (Å²) < 4.78 is 27.6. The predicted octanol–water partition coefficient (Wildman–Crippen LogP) is 6.10. The fourth-order valence-corrected chi connectivity index (χ4v) is 5.66. The average molecular weight is 298 g/mol. The highest BCUT2D eigenvalue weighted by Gasteiger charge is 2.44. The molecule has 0 aromatic rings. The molecule has 0 nitrogen and oxygen atoms in total. The molecule has 21 heavy (non-hydrogen) atoms. The van der Waals surface area contributed by atoms with Gasteiger partial charge in [0.25, 0.3) is 0 Å². The third kappa shape index (κ3) is 3.45. The summed E-state index contributed by atoms with van der Waals surface area (Å²) in [7, 11) is 0. The SMILES string of the molecule is CCCC1CCC(C2CCC3C(CCC(F)C3F)C2)CC1. The highest BCUT2D eigenvalue weighted by atomic mass is 19.2. The molecule has 3 rings (SSSR count). The minimum absolute atomic E-state index is 0.0430. The first kappa shape index (κ1) is 15.7. The number of alkyl halides is 2. The van der Waals surface area contributed by atoms with Crippen LogP contribution in [0.2, 0.25) is 0 Å². The van der Waals surface area contributed by atoms with Crippen molar-refractivity contribution in [1.82, 2.24) is 0 Å². The topological polar surface area (TPSA) is 0 Å². The Morgan fingerprint density at radius 3 is 2.14 bits per heavy atom. The molecule has 0 saturated heterocycles. The highest BCUT2D eigenvalue weighted by molar-refractivity contribution is 4.93. The largest absolute Gasteiger partial charge is 0.244 e. The summed E-state index contributed by atoms with van der Waals surface area (Å²) in [6, 6.07) is 0. The summed E-state index contributed by atoms with van der Waals surface area (Å²) in [6.45, 7) is 2.29. The monoisotopic (exact) mass is 298 g/mol. The second-order valence-electron chi connectivity index (χ2n) is 8.10. The van der Waals surface area contributed by atoms with Crippen LogP contribution in [-0.4, -0.2) is 12.3 Å². The molecule has 0 radical (unpaired) electrons. The van der Waals surface area contributed by atoms with Crippen LogP contribution in [0.15, 0.2) is 0 Å². The van der Waals surface area contributed by atoms with E-state index in [9.17, 15) is 8.78 Å². The molecular weight excluding hydrogens is 266 g/mol. The maximum atomic E-state index is 14.0. The molecule has 3 fully saturated rings. The lowest BCUT2D eigenvalue weighted by Gasteiger charge is -2.45. The van der Waals surface area contributed by atoms with E-state index >= 15 is 0 Å². The van der Waals surface area contributed by atoms with Crippen molar-refractivity contribution in [3.8, 4) is 0 Å². The van der Waals surface area contributed by atoms with Crippen LogP contribution in [0.25, 0.3) is 0 Å². The summed E-state index contributed by atoms with van der Waals surface area (Å²) in [4.78, 5) is 0. The van der Waals surface area contributed by atoms with Gasteiger partial charge in [-0.2, -0.15) is 0 Å². The Balaban J connectivity index is 1.51. The zero-order chi connectivity index (χ0) is 14.8. The zero-order valence-electron chi connectivity index (χ0n) is 13.6. The number of hydrogen-bond acceptors (Lipinski definition) is 0. The lowest BCUT2D eigenvalue weighted by atomic mass is 9.61. The van der Waals surface area contributed by atoms with Gasteiger partial charge in [0.05, 0.1) is 0 Å². The van der Waals surface area contributed by atoms with E-state index in [2.05, 4.69) is 6.92 Å². The van der Waals surface area contributed by atoms with E-state index in [1.165, 1.54) is 44.9 Å². The Kier molecular flexibility index (Phi) is 5.22. The number of fused-ring (bicyclic) bond motifs is 1. The lowest BCUT2D eigenvalue weighted by Crippen LogP contribution is -2.42. The second-order valence-corrected chi connectivity index (χ2v) is 8.10. The molecule has 0 N–H and O–H groups in total. The minimum Gasteiger partial charge on any atom is -0.244 e. The summed E-state index contributed by atoms with van der Waals surface area (Å²) in [5.41, 5.74) is 0. The van der Waals surface area contributed by atoms with Gasteiger partial charge in [-0.3, -0.25) is 0 Å². The Morgan fingerprint density at radius 1 is 0.762 bits per heavy atom. The number of rotatable bonds is 3. The van der Waals surface area contributed by atoms with Gasteiger partial charge in [0.15, 0.2) is 0 Å². The second kappa shape index (κ2) is 6.96. The molecule has 0 heterocycles. The Labute approximate surface area is 129 Å². The van der Waals surface area contributed by atoms with Crippen molar-refractivity contribution >= 4 is 0 Å². The molecular formula is C19H32F2. The van der Waals surface area contributed by atoms with Crippen molar-refractivity contribution in [1.29, 1.82) is 0 Å². The van der Waals surface area contributed by atoms with Crippen LogP contribution in [-0.2, 0) is 0 Å². The van der Waals surface area contributed by atoms with Crippen molar-refractivity contribution in [2.75, 3.05) is 0 Å². The van der Waals surface area contributed by atoms with Crippen molar-refractivity contribution in [3.05, 3.63) is 0 Å². The minimum atomic E-state index is -1.17. The lowest BCUT2D eigenvalue weighted by molar-refractivity contribution is -0.0172. The van der Waals surface area contributed by atoms with E-state index in [-0.39, 0.29) is 5.92 Å². The molecule has 3 aliphatic rings. The summed E-state index contributed by atoms with van der Waals surface area (Å²) in [5, 5.41) is 0. The van der Waals surface area contributed by atoms with Crippen molar-refractivity contribution in [3.63, 3.8) is 0 Å². The molecule has 0 bridgehead atoms. The van der Waals surface area contributed by atoms with Gasteiger partial charge >= 0.3 is 0 Å². The first-order valence-corrected chi connectivity index (χ1v) is 9.47. The first-order chi connectivity index (χ1) is 10.2. The molecule has 0 aromatic heterocycles. The van der Waals surface area contributed by atoms with Gasteiger partial charge in [-0.05, 0) is 74.5 Å². The fraction of sp³-hybridized carbons (Fsp3) is 1.00. The van der Waals surface area contributed by atoms with Crippen LogP contribution in [0.3, 0.4) is 0 Å². The van der Waals surface area contributed by atoms with Gasteiger partial charge < -0.3 is 0 Å². The van der Waals surface area contributed by atoms with Crippen LogP contribution < -0.4 is 0 Å². The maximum absolute atomic E-state index is 14.0. The average Bonchev–Trinajstić information content (AvgIpc) is 2.52. The van der Waals surface area contributed by atoms with E-state index in [1.54, 1.807) is 0 Å². The summed E-state index contributed by atoms with van der Waals surface area (Å²) >= 11 is 0. The van der Waals surface area contributed by atoms with Crippen LogP contribution in [0, 0.1) is 29.6 Å². The Hall–Kier alpha value is -0.140. The van der Waals surface area contributed by atoms with Crippen molar-refractivity contribution < 1.29 is 8.78 Å². The standard InChI is InChI=1S/C19H32F2/c1-2-3-13-4-6-14(7-5-13)15-8-10-17-16(12-15)9-11-18(20)19(17)21/h13-19H,2-12H2,1H3. The van der Waals surface area contributed by atoms with Crippen molar-refractivity contribution in [2.24, 2.45) is 29.6 Å². The van der Waals surface area contributed by atoms with E-state index in [4.69, 9.17) is 0 Å². The molecule has 5 unspecified atom stereocenters. The molecule has 0 amide bonds.